The van der Waals surface area contributed by atoms with E-state index in [1.807, 2.05) is 29.2 Å². The quantitative estimate of drug-likeness (QED) is 0.318. The summed E-state index contributed by atoms with van der Waals surface area (Å²) in [7, 11) is 2.06. The number of nitrogens with zero attached hydrogens (tertiary/aromatic N) is 2. The van der Waals surface area contributed by atoms with E-state index >= 15 is 0 Å². The van der Waals surface area contributed by atoms with E-state index in [4.69, 9.17) is 23.1 Å². The average Bonchev–Trinajstić information content (AvgIpc) is 3.19. The lowest BCUT2D eigenvalue weighted by molar-refractivity contribution is -0.110. The zero-order valence-electron chi connectivity index (χ0n) is 19.8. The van der Waals surface area contributed by atoms with E-state index < -0.39 is 0 Å². The number of fused-ring (bicyclic) bond motifs is 1. The highest BCUT2D eigenvalue weighted by molar-refractivity contribution is 6.38. The minimum Gasteiger partial charge on any atom is -0.397 e. The topological polar surface area (TPSA) is 117 Å². The second-order valence-corrected chi connectivity index (χ2v) is 9.47. The van der Waals surface area contributed by atoms with E-state index in [1.165, 1.54) is 0 Å². The molecule has 2 aliphatic rings. The maximum Gasteiger partial charge on any atom is 0.258 e. The maximum atomic E-state index is 13.1. The van der Waals surface area contributed by atoms with Crippen molar-refractivity contribution in [3.05, 3.63) is 82.4 Å². The smallest absolute Gasteiger partial charge is 0.258 e. The molecule has 0 radical (unpaired) electrons. The molecule has 2 amide bonds. The number of anilines is 4. The molecule has 184 valence electrons. The van der Waals surface area contributed by atoms with Gasteiger partial charge in [-0.1, -0.05) is 23.7 Å². The lowest BCUT2D eigenvalue weighted by Crippen LogP contribution is -2.47. The Morgan fingerprint density at radius 1 is 0.917 bits per heavy atom. The van der Waals surface area contributed by atoms with Gasteiger partial charge in [-0.25, -0.2) is 0 Å². The van der Waals surface area contributed by atoms with Crippen molar-refractivity contribution in [3.63, 3.8) is 0 Å². The number of carbonyl (C=O) groups excluding carboxylic acids is 2. The Bertz CT molecular complexity index is 1380. The van der Waals surface area contributed by atoms with E-state index in [2.05, 4.69) is 22.6 Å². The first-order valence-electron chi connectivity index (χ1n) is 11.7. The van der Waals surface area contributed by atoms with Crippen molar-refractivity contribution >= 4 is 57.4 Å². The molecule has 8 nitrogen and oxygen atoms in total. The number of hydrogen-bond donors (Lipinski definition) is 4. The van der Waals surface area contributed by atoms with Crippen molar-refractivity contribution in [2.45, 2.75) is 0 Å². The molecule has 0 aromatic heterocycles. The first kappa shape index (κ1) is 23.7. The molecule has 1 fully saturated rings. The molecule has 3 aromatic carbocycles. The molecule has 1 saturated heterocycles. The molecule has 0 atom stereocenters. The normalized spacial score (nSPS) is 16.9. The number of nitrogen functional groups attached to an aromatic ring is 2. The van der Waals surface area contributed by atoms with Crippen molar-refractivity contribution in [2.75, 3.05) is 55.3 Å². The molecule has 36 heavy (non-hydrogen) atoms. The van der Waals surface area contributed by atoms with E-state index in [-0.39, 0.29) is 11.8 Å². The minimum absolute atomic E-state index is 0.0144. The second kappa shape index (κ2) is 9.56. The molecule has 0 unspecified atom stereocenters. The highest BCUT2D eigenvalue weighted by Gasteiger charge is 2.29. The molecule has 0 spiro atoms. The number of hydrogen-bond acceptors (Lipinski definition) is 6. The number of piperazine rings is 1. The molecule has 0 bridgehead atoms. The lowest BCUT2D eigenvalue weighted by atomic mass is 9.99. The third-order valence-electron chi connectivity index (χ3n) is 6.54. The highest BCUT2D eigenvalue weighted by atomic mass is 35.5. The number of halogens is 1. The third-order valence-corrected chi connectivity index (χ3v) is 6.78. The van der Waals surface area contributed by atoms with Crippen LogP contribution in [-0.2, 0) is 4.79 Å². The number of nitrogens with one attached hydrogen (secondary N) is 2. The zero-order valence-corrected chi connectivity index (χ0v) is 20.6. The third kappa shape index (κ3) is 4.60. The lowest BCUT2D eigenvalue weighted by Gasteiger charge is -2.32. The molecular formula is C27H27ClN6O2. The average molecular weight is 503 g/mol. The predicted octanol–water partition coefficient (Wildman–Crippen LogP) is 3.82. The molecule has 6 N–H and O–H groups in total. The number of likely N-dealkylation sites (N-methyl/N-ethyl adjacent to an activating group) is 1. The molecule has 2 aliphatic heterocycles. The first-order valence-corrected chi connectivity index (χ1v) is 12.0. The molecule has 2 heterocycles. The number of carbonyl (C=O) groups is 2. The van der Waals surface area contributed by atoms with Gasteiger partial charge in [0.1, 0.15) is 0 Å². The van der Waals surface area contributed by atoms with Gasteiger partial charge in [0.15, 0.2) is 0 Å². The number of nitrogens with two attached hydrogens (primary N) is 2. The van der Waals surface area contributed by atoms with Crippen molar-refractivity contribution in [3.8, 4) is 0 Å². The fourth-order valence-electron chi connectivity index (χ4n) is 4.44. The summed E-state index contributed by atoms with van der Waals surface area (Å²) in [5, 5.41) is 6.79. The fraction of sp³-hybridized carbons (Fsp3) is 0.185. The van der Waals surface area contributed by atoms with Gasteiger partial charge in [0.05, 0.1) is 28.3 Å². The minimum atomic E-state index is -0.257. The Morgan fingerprint density at radius 2 is 1.61 bits per heavy atom. The Labute approximate surface area is 214 Å². The van der Waals surface area contributed by atoms with Crippen LogP contribution in [0.4, 0.5) is 22.7 Å². The van der Waals surface area contributed by atoms with E-state index in [0.717, 1.165) is 24.3 Å². The summed E-state index contributed by atoms with van der Waals surface area (Å²) < 4.78 is 0. The Hall–Kier alpha value is -4.01. The predicted molar refractivity (Wildman–Crippen MR) is 146 cm³/mol. The fourth-order valence-corrected chi connectivity index (χ4v) is 4.61. The molecular weight excluding hydrogens is 476 g/mol. The summed E-state index contributed by atoms with van der Waals surface area (Å²) >= 11 is 6.14. The van der Waals surface area contributed by atoms with Crippen LogP contribution >= 0.6 is 11.6 Å². The molecule has 9 heteroatoms. The van der Waals surface area contributed by atoms with Crippen LogP contribution in [0.15, 0.2) is 60.7 Å². The van der Waals surface area contributed by atoms with Gasteiger partial charge in [-0.3, -0.25) is 9.59 Å². The highest BCUT2D eigenvalue weighted by Crippen LogP contribution is 2.39. The van der Waals surface area contributed by atoms with Crippen LogP contribution in [0.2, 0.25) is 5.02 Å². The van der Waals surface area contributed by atoms with Crippen molar-refractivity contribution in [2.24, 2.45) is 0 Å². The summed E-state index contributed by atoms with van der Waals surface area (Å²) in [6, 6.07) is 17.8. The van der Waals surface area contributed by atoms with Gasteiger partial charge in [-0.05, 0) is 55.6 Å². The largest absolute Gasteiger partial charge is 0.397 e. The van der Waals surface area contributed by atoms with Gasteiger partial charge in [0.2, 0.25) is 0 Å². The van der Waals surface area contributed by atoms with Gasteiger partial charge in [-0.15, -0.1) is 0 Å². The first-order chi connectivity index (χ1) is 17.3. The van der Waals surface area contributed by atoms with Crippen molar-refractivity contribution in [1.82, 2.24) is 9.80 Å². The zero-order chi connectivity index (χ0) is 25.4. The summed E-state index contributed by atoms with van der Waals surface area (Å²) in [5.41, 5.74) is 17.3. The van der Waals surface area contributed by atoms with E-state index in [9.17, 15) is 9.59 Å². The van der Waals surface area contributed by atoms with Crippen LogP contribution < -0.4 is 22.1 Å². The number of benzene rings is 3. The Morgan fingerprint density at radius 3 is 2.31 bits per heavy atom. The van der Waals surface area contributed by atoms with Crippen LogP contribution in [0.3, 0.4) is 0 Å². The standard InChI is InChI=1S/C27H27ClN6O2/c1-33-10-12-34(13-11-33)27(36)16-2-6-19(7-3-16)31-25(17-4-9-21(29)22(30)14-17)24-20-8-5-18(28)15-23(20)32-26(24)35/h2-9,14-15,31H,10-13,29-30H2,1H3,(H,32,35). The Balaban J connectivity index is 1.50. The second-order valence-electron chi connectivity index (χ2n) is 9.04. The number of rotatable bonds is 4. The summed E-state index contributed by atoms with van der Waals surface area (Å²) in [5.74, 6) is -0.243. The molecule has 0 aliphatic carbocycles. The maximum absolute atomic E-state index is 13.1. The molecule has 5 rings (SSSR count). The Kier molecular flexibility index (Phi) is 6.30. The van der Waals surface area contributed by atoms with Crippen LogP contribution in [0.1, 0.15) is 21.5 Å². The van der Waals surface area contributed by atoms with Gasteiger partial charge < -0.3 is 31.9 Å². The molecule has 0 saturated carbocycles. The van der Waals surface area contributed by atoms with Gasteiger partial charge >= 0.3 is 0 Å². The summed E-state index contributed by atoms with van der Waals surface area (Å²) in [4.78, 5) is 30.1. The summed E-state index contributed by atoms with van der Waals surface area (Å²) in [6.45, 7) is 3.15. The molecule has 3 aromatic rings. The van der Waals surface area contributed by atoms with Gasteiger partial charge in [0.25, 0.3) is 11.8 Å². The monoisotopic (exact) mass is 502 g/mol. The van der Waals surface area contributed by atoms with Crippen LogP contribution in [-0.4, -0.2) is 54.8 Å². The summed E-state index contributed by atoms with van der Waals surface area (Å²) in [6.07, 6.45) is 0. The van der Waals surface area contributed by atoms with Crippen molar-refractivity contribution < 1.29 is 9.59 Å². The van der Waals surface area contributed by atoms with Gasteiger partial charge in [-0.2, -0.15) is 0 Å². The van der Waals surface area contributed by atoms with Crippen LogP contribution in [0, 0.1) is 0 Å². The van der Waals surface area contributed by atoms with Gasteiger partial charge in [0, 0.05) is 53.6 Å². The van der Waals surface area contributed by atoms with E-state index in [0.29, 0.717) is 57.6 Å². The SMILES string of the molecule is CN1CCN(C(=O)c2ccc(NC(=C3C(=O)Nc4cc(Cl)ccc43)c3ccc(N)c(N)c3)cc2)CC1. The van der Waals surface area contributed by atoms with E-state index in [1.54, 1.807) is 36.4 Å². The number of amides is 2. The van der Waals surface area contributed by atoms with Crippen LogP contribution in [0.5, 0.6) is 0 Å². The van der Waals surface area contributed by atoms with Crippen LogP contribution in [0.25, 0.3) is 11.3 Å². The van der Waals surface area contributed by atoms with Crippen molar-refractivity contribution in [1.29, 1.82) is 0 Å².